The number of hydrogen-bond donors (Lipinski definition) is 1. The van der Waals surface area contributed by atoms with Crippen LogP contribution < -0.4 is 5.73 Å². The average molecular weight is 254 g/mol. The number of aryl methyl sites for hydroxylation is 1. The number of nitrogens with two attached hydrogens (primary N) is 1. The van der Waals surface area contributed by atoms with Gasteiger partial charge in [0.05, 0.1) is 0 Å². The first-order valence-electron chi connectivity index (χ1n) is 6.26. The zero-order valence-corrected chi connectivity index (χ0v) is 11.0. The first-order valence-corrected chi connectivity index (χ1v) is 6.64. The van der Waals surface area contributed by atoms with Gasteiger partial charge in [0, 0.05) is 24.3 Å². The van der Waals surface area contributed by atoms with Crippen molar-refractivity contribution < 1.29 is 4.74 Å². The van der Waals surface area contributed by atoms with Gasteiger partial charge in [0.25, 0.3) is 0 Å². The van der Waals surface area contributed by atoms with Crippen molar-refractivity contribution in [2.75, 3.05) is 13.2 Å². The maximum atomic E-state index is 6.25. The van der Waals surface area contributed by atoms with E-state index in [1.165, 1.54) is 0 Å². The summed E-state index contributed by atoms with van der Waals surface area (Å²) < 4.78 is 5.36. The van der Waals surface area contributed by atoms with Crippen molar-refractivity contribution in [1.82, 2.24) is 0 Å². The van der Waals surface area contributed by atoms with Gasteiger partial charge in [0.2, 0.25) is 0 Å². The molecule has 1 aromatic rings. The van der Waals surface area contributed by atoms with E-state index in [2.05, 4.69) is 6.07 Å². The molecule has 0 bridgehead atoms. The normalized spacial score (nSPS) is 19.2. The van der Waals surface area contributed by atoms with Crippen molar-refractivity contribution in [3.63, 3.8) is 0 Å². The molecule has 2 rings (SSSR count). The minimum atomic E-state index is 0.0937. The van der Waals surface area contributed by atoms with E-state index in [1.54, 1.807) is 0 Å². The van der Waals surface area contributed by atoms with Gasteiger partial charge in [-0.05, 0) is 49.3 Å². The van der Waals surface area contributed by atoms with Crippen LogP contribution in [0.1, 0.15) is 36.4 Å². The van der Waals surface area contributed by atoms with E-state index in [0.717, 1.165) is 48.6 Å². The fourth-order valence-electron chi connectivity index (χ4n) is 2.32. The molecule has 0 aromatic heterocycles. The van der Waals surface area contributed by atoms with Gasteiger partial charge in [-0.25, -0.2) is 0 Å². The standard InChI is InChI=1S/C14H20ClNO/c1-10-2-3-12(9-13(10)15)14(16)8-11-4-6-17-7-5-11/h2-3,9,11,14H,4-8,16H2,1H3. The lowest BCUT2D eigenvalue weighted by atomic mass is 9.90. The molecule has 17 heavy (non-hydrogen) atoms. The van der Waals surface area contributed by atoms with Gasteiger partial charge in [-0.1, -0.05) is 23.7 Å². The molecular weight excluding hydrogens is 234 g/mol. The summed E-state index contributed by atoms with van der Waals surface area (Å²) in [6.07, 6.45) is 3.29. The Balaban J connectivity index is 1.98. The maximum absolute atomic E-state index is 6.25. The van der Waals surface area contributed by atoms with Crippen molar-refractivity contribution in [3.05, 3.63) is 34.3 Å². The number of rotatable bonds is 3. The molecule has 1 heterocycles. The zero-order valence-electron chi connectivity index (χ0n) is 10.3. The van der Waals surface area contributed by atoms with E-state index in [1.807, 2.05) is 19.1 Å². The molecule has 1 aromatic carbocycles. The Morgan fingerprint density at radius 2 is 2.12 bits per heavy atom. The van der Waals surface area contributed by atoms with Crippen LogP contribution >= 0.6 is 11.6 Å². The molecular formula is C14H20ClNO. The van der Waals surface area contributed by atoms with Crippen molar-refractivity contribution in [2.45, 2.75) is 32.2 Å². The largest absolute Gasteiger partial charge is 0.381 e. The van der Waals surface area contributed by atoms with Gasteiger partial charge in [0.15, 0.2) is 0 Å². The Hall–Kier alpha value is -0.570. The molecule has 1 saturated heterocycles. The second-order valence-corrected chi connectivity index (χ2v) is 5.31. The minimum absolute atomic E-state index is 0.0937. The van der Waals surface area contributed by atoms with Crippen LogP contribution in [-0.2, 0) is 4.74 Å². The fraction of sp³-hybridized carbons (Fsp3) is 0.571. The fourth-order valence-corrected chi connectivity index (χ4v) is 2.51. The van der Waals surface area contributed by atoms with Crippen LogP contribution in [0, 0.1) is 12.8 Å². The van der Waals surface area contributed by atoms with Crippen molar-refractivity contribution in [2.24, 2.45) is 11.7 Å². The summed E-state index contributed by atoms with van der Waals surface area (Å²) in [5.74, 6) is 0.693. The summed E-state index contributed by atoms with van der Waals surface area (Å²) in [6, 6.07) is 6.23. The molecule has 1 aliphatic rings. The average Bonchev–Trinajstić information content (AvgIpc) is 2.34. The number of halogens is 1. The second kappa shape index (κ2) is 5.85. The molecule has 2 nitrogen and oxygen atoms in total. The smallest absolute Gasteiger partial charge is 0.0468 e. The van der Waals surface area contributed by atoms with Crippen LogP contribution in [0.3, 0.4) is 0 Å². The summed E-state index contributed by atoms with van der Waals surface area (Å²) in [5, 5.41) is 0.810. The quantitative estimate of drug-likeness (QED) is 0.895. The first kappa shape index (κ1) is 12.9. The number of benzene rings is 1. The van der Waals surface area contributed by atoms with Crippen molar-refractivity contribution in [3.8, 4) is 0 Å². The number of hydrogen-bond acceptors (Lipinski definition) is 2. The Kier molecular flexibility index (Phi) is 4.43. The Morgan fingerprint density at radius 3 is 2.76 bits per heavy atom. The highest BCUT2D eigenvalue weighted by atomic mass is 35.5. The molecule has 0 radical (unpaired) electrons. The summed E-state index contributed by atoms with van der Waals surface area (Å²) in [7, 11) is 0. The van der Waals surface area contributed by atoms with Crippen LogP contribution in [0.5, 0.6) is 0 Å². The maximum Gasteiger partial charge on any atom is 0.0468 e. The molecule has 0 aliphatic carbocycles. The van der Waals surface area contributed by atoms with Gasteiger partial charge in [-0.3, -0.25) is 0 Å². The van der Waals surface area contributed by atoms with E-state index in [0.29, 0.717) is 5.92 Å². The molecule has 94 valence electrons. The molecule has 1 fully saturated rings. The summed E-state index contributed by atoms with van der Waals surface area (Å²) >= 11 is 6.13. The van der Waals surface area contributed by atoms with E-state index >= 15 is 0 Å². The Bertz CT molecular complexity index is 374. The molecule has 1 atom stereocenters. The van der Waals surface area contributed by atoms with Gasteiger partial charge in [0.1, 0.15) is 0 Å². The van der Waals surface area contributed by atoms with E-state index < -0.39 is 0 Å². The predicted molar refractivity (Wildman–Crippen MR) is 71.3 cm³/mol. The van der Waals surface area contributed by atoms with Crippen LogP contribution in [0.15, 0.2) is 18.2 Å². The summed E-state index contributed by atoms with van der Waals surface area (Å²) in [5.41, 5.74) is 8.50. The Morgan fingerprint density at radius 1 is 1.41 bits per heavy atom. The number of ether oxygens (including phenoxy) is 1. The van der Waals surface area contributed by atoms with E-state index in [4.69, 9.17) is 22.1 Å². The van der Waals surface area contributed by atoms with Crippen LogP contribution in [-0.4, -0.2) is 13.2 Å². The monoisotopic (exact) mass is 253 g/mol. The van der Waals surface area contributed by atoms with Crippen LogP contribution in [0.4, 0.5) is 0 Å². The molecule has 0 saturated carbocycles. The van der Waals surface area contributed by atoms with Crippen molar-refractivity contribution in [1.29, 1.82) is 0 Å². The second-order valence-electron chi connectivity index (χ2n) is 4.91. The molecule has 1 unspecified atom stereocenters. The Labute approximate surface area is 108 Å². The lowest BCUT2D eigenvalue weighted by Crippen LogP contribution is -2.21. The third-order valence-electron chi connectivity index (χ3n) is 3.55. The van der Waals surface area contributed by atoms with Crippen LogP contribution in [0.2, 0.25) is 5.02 Å². The van der Waals surface area contributed by atoms with Crippen molar-refractivity contribution >= 4 is 11.6 Å². The SMILES string of the molecule is Cc1ccc(C(N)CC2CCOCC2)cc1Cl. The molecule has 1 aliphatic heterocycles. The third-order valence-corrected chi connectivity index (χ3v) is 3.96. The van der Waals surface area contributed by atoms with Gasteiger partial charge < -0.3 is 10.5 Å². The topological polar surface area (TPSA) is 35.2 Å². The first-order chi connectivity index (χ1) is 8.16. The zero-order chi connectivity index (χ0) is 12.3. The van der Waals surface area contributed by atoms with Gasteiger partial charge in [-0.2, -0.15) is 0 Å². The van der Waals surface area contributed by atoms with Crippen LogP contribution in [0.25, 0.3) is 0 Å². The highest BCUT2D eigenvalue weighted by Gasteiger charge is 2.18. The lowest BCUT2D eigenvalue weighted by Gasteiger charge is -2.25. The van der Waals surface area contributed by atoms with E-state index in [9.17, 15) is 0 Å². The molecule has 0 amide bonds. The highest BCUT2D eigenvalue weighted by Crippen LogP contribution is 2.28. The van der Waals surface area contributed by atoms with E-state index in [-0.39, 0.29) is 6.04 Å². The summed E-state index contributed by atoms with van der Waals surface area (Å²) in [6.45, 7) is 3.77. The summed E-state index contributed by atoms with van der Waals surface area (Å²) in [4.78, 5) is 0. The third kappa shape index (κ3) is 3.44. The predicted octanol–water partition coefficient (Wildman–Crippen LogP) is 3.46. The lowest BCUT2D eigenvalue weighted by molar-refractivity contribution is 0.0618. The molecule has 2 N–H and O–H groups in total. The van der Waals surface area contributed by atoms with Gasteiger partial charge >= 0.3 is 0 Å². The van der Waals surface area contributed by atoms with Gasteiger partial charge in [-0.15, -0.1) is 0 Å². The molecule has 3 heteroatoms. The highest BCUT2D eigenvalue weighted by molar-refractivity contribution is 6.31. The minimum Gasteiger partial charge on any atom is -0.381 e. The molecule has 0 spiro atoms.